The van der Waals surface area contributed by atoms with Crippen molar-refractivity contribution in [2.24, 2.45) is 0 Å². The van der Waals surface area contributed by atoms with Gasteiger partial charge in [0.1, 0.15) is 12.9 Å². The maximum Gasteiger partial charge on any atom is 0.147 e. The molecular weight excluding hydrogens is 142 g/mol. The molecule has 1 aliphatic heterocycles. The summed E-state index contributed by atoms with van der Waals surface area (Å²) in [7, 11) is 0. The fourth-order valence-corrected chi connectivity index (χ4v) is 1.20. The summed E-state index contributed by atoms with van der Waals surface area (Å²) in [5, 5.41) is 0. The van der Waals surface area contributed by atoms with Gasteiger partial charge < -0.3 is 14.0 Å². The van der Waals surface area contributed by atoms with Crippen molar-refractivity contribution >= 4 is 0 Å². The number of hydrogen-bond acceptors (Lipinski definition) is 2. The molecule has 0 spiro atoms. The Morgan fingerprint density at radius 3 is 2.82 bits per heavy atom. The lowest BCUT2D eigenvalue weighted by molar-refractivity contribution is 0.0423. The molecule has 2 rings (SSSR count). The molecule has 3 heteroatoms. The first kappa shape index (κ1) is 6.88. The molecule has 1 aromatic heterocycles. The molecule has 1 aromatic rings. The van der Waals surface area contributed by atoms with Crippen LogP contribution in [0.4, 0.5) is 0 Å². The zero-order valence-corrected chi connectivity index (χ0v) is 6.27. The van der Waals surface area contributed by atoms with Gasteiger partial charge in [-0.1, -0.05) is 0 Å². The van der Waals surface area contributed by atoms with Gasteiger partial charge in [-0.15, -0.1) is 0 Å². The molecule has 0 radical (unpaired) electrons. The van der Waals surface area contributed by atoms with E-state index in [1.54, 1.807) is 0 Å². The third-order valence-electron chi connectivity index (χ3n) is 1.77. The molecule has 60 valence electrons. The van der Waals surface area contributed by atoms with Crippen molar-refractivity contribution in [3.05, 3.63) is 24.5 Å². The topological polar surface area (TPSA) is 23.4 Å². The summed E-state index contributed by atoms with van der Waals surface area (Å²) in [5.41, 5.74) is 0. The molecule has 0 N–H and O–H groups in total. The van der Waals surface area contributed by atoms with E-state index in [1.165, 1.54) is 0 Å². The van der Waals surface area contributed by atoms with E-state index in [0.29, 0.717) is 6.79 Å². The molecule has 0 saturated carbocycles. The SMILES string of the molecule is c1ccn(CC2COCO2)c1. The minimum Gasteiger partial charge on any atom is -0.353 e. The van der Waals surface area contributed by atoms with Crippen molar-refractivity contribution in [2.75, 3.05) is 13.4 Å². The predicted molar refractivity (Wildman–Crippen MR) is 40.1 cm³/mol. The van der Waals surface area contributed by atoms with Gasteiger partial charge in [-0.05, 0) is 12.1 Å². The summed E-state index contributed by atoms with van der Waals surface area (Å²) in [6.07, 6.45) is 4.30. The fraction of sp³-hybridized carbons (Fsp3) is 0.500. The van der Waals surface area contributed by atoms with E-state index in [0.717, 1.165) is 13.2 Å². The molecule has 1 aliphatic rings. The molecule has 1 unspecified atom stereocenters. The van der Waals surface area contributed by atoms with E-state index in [2.05, 4.69) is 4.57 Å². The lowest BCUT2D eigenvalue weighted by atomic mass is 10.4. The molecule has 2 heterocycles. The molecule has 0 aliphatic carbocycles. The molecular formula is C8H11NO2. The molecule has 0 bridgehead atoms. The second kappa shape index (κ2) is 3.07. The lowest BCUT2D eigenvalue weighted by Gasteiger charge is -2.07. The number of rotatable bonds is 2. The minimum absolute atomic E-state index is 0.238. The highest BCUT2D eigenvalue weighted by Crippen LogP contribution is 2.05. The Hall–Kier alpha value is -0.800. The van der Waals surface area contributed by atoms with Gasteiger partial charge in [0, 0.05) is 12.4 Å². The Kier molecular flexibility index (Phi) is 1.92. The third kappa shape index (κ3) is 1.61. The number of hydrogen-bond donors (Lipinski definition) is 0. The Bertz CT molecular complexity index is 202. The highest BCUT2D eigenvalue weighted by Gasteiger charge is 2.15. The van der Waals surface area contributed by atoms with E-state index in [-0.39, 0.29) is 6.10 Å². The van der Waals surface area contributed by atoms with Crippen molar-refractivity contribution in [3.63, 3.8) is 0 Å². The zero-order valence-electron chi connectivity index (χ0n) is 6.27. The van der Waals surface area contributed by atoms with E-state index in [1.807, 2.05) is 24.5 Å². The first-order chi connectivity index (χ1) is 5.45. The van der Waals surface area contributed by atoms with Gasteiger partial charge in [0.15, 0.2) is 0 Å². The number of nitrogens with zero attached hydrogens (tertiary/aromatic N) is 1. The van der Waals surface area contributed by atoms with Crippen LogP contribution in [0.5, 0.6) is 0 Å². The summed E-state index contributed by atoms with van der Waals surface area (Å²) in [4.78, 5) is 0. The average Bonchev–Trinajstić information content (AvgIpc) is 2.60. The van der Waals surface area contributed by atoms with E-state index in [9.17, 15) is 0 Å². The van der Waals surface area contributed by atoms with Gasteiger partial charge in [0.25, 0.3) is 0 Å². The Morgan fingerprint density at radius 2 is 2.18 bits per heavy atom. The van der Waals surface area contributed by atoms with Crippen molar-refractivity contribution in [1.82, 2.24) is 4.57 Å². The molecule has 11 heavy (non-hydrogen) atoms. The molecule has 1 fully saturated rings. The summed E-state index contributed by atoms with van der Waals surface area (Å²) in [6.45, 7) is 2.07. The number of aromatic nitrogens is 1. The van der Waals surface area contributed by atoms with Crippen molar-refractivity contribution < 1.29 is 9.47 Å². The minimum atomic E-state index is 0.238. The highest BCUT2D eigenvalue weighted by atomic mass is 16.7. The van der Waals surface area contributed by atoms with E-state index < -0.39 is 0 Å². The predicted octanol–water partition coefficient (Wildman–Crippen LogP) is 0.861. The average molecular weight is 153 g/mol. The Labute approximate surface area is 65.5 Å². The van der Waals surface area contributed by atoms with Crippen LogP contribution in [0.25, 0.3) is 0 Å². The smallest absolute Gasteiger partial charge is 0.147 e. The highest BCUT2D eigenvalue weighted by molar-refractivity contribution is 4.90. The number of ether oxygens (including phenoxy) is 2. The standard InChI is InChI=1S/C8H11NO2/c1-2-4-9(3-1)5-8-6-10-7-11-8/h1-4,8H,5-7H2. The van der Waals surface area contributed by atoms with Crippen LogP contribution in [0.2, 0.25) is 0 Å². The van der Waals surface area contributed by atoms with Crippen LogP contribution in [0.1, 0.15) is 0 Å². The summed E-state index contributed by atoms with van der Waals surface area (Å²) >= 11 is 0. The second-order valence-corrected chi connectivity index (χ2v) is 2.66. The lowest BCUT2D eigenvalue weighted by Crippen LogP contribution is -2.16. The van der Waals surface area contributed by atoms with Crippen LogP contribution in [-0.2, 0) is 16.0 Å². The largest absolute Gasteiger partial charge is 0.353 e. The van der Waals surface area contributed by atoms with Crippen molar-refractivity contribution in [2.45, 2.75) is 12.6 Å². The van der Waals surface area contributed by atoms with Crippen LogP contribution in [-0.4, -0.2) is 24.1 Å². The molecule has 1 atom stereocenters. The van der Waals surface area contributed by atoms with Crippen LogP contribution in [0, 0.1) is 0 Å². The third-order valence-corrected chi connectivity index (χ3v) is 1.77. The summed E-state index contributed by atoms with van der Waals surface area (Å²) in [5.74, 6) is 0. The van der Waals surface area contributed by atoms with Crippen LogP contribution in [0.3, 0.4) is 0 Å². The summed E-state index contributed by atoms with van der Waals surface area (Å²) in [6, 6.07) is 4.02. The maximum atomic E-state index is 5.28. The zero-order chi connectivity index (χ0) is 7.52. The Morgan fingerprint density at radius 1 is 1.36 bits per heavy atom. The van der Waals surface area contributed by atoms with Crippen LogP contribution < -0.4 is 0 Å². The fourth-order valence-electron chi connectivity index (χ4n) is 1.20. The maximum absolute atomic E-state index is 5.28. The van der Waals surface area contributed by atoms with Crippen LogP contribution >= 0.6 is 0 Å². The monoisotopic (exact) mass is 153 g/mol. The van der Waals surface area contributed by atoms with Crippen LogP contribution in [0.15, 0.2) is 24.5 Å². The first-order valence-electron chi connectivity index (χ1n) is 3.75. The quantitative estimate of drug-likeness (QED) is 0.629. The summed E-state index contributed by atoms with van der Waals surface area (Å²) < 4.78 is 12.5. The van der Waals surface area contributed by atoms with E-state index in [4.69, 9.17) is 9.47 Å². The van der Waals surface area contributed by atoms with Gasteiger partial charge in [0.2, 0.25) is 0 Å². The second-order valence-electron chi connectivity index (χ2n) is 2.66. The van der Waals surface area contributed by atoms with Gasteiger partial charge in [-0.3, -0.25) is 0 Å². The van der Waals surface area contributed by atoms with Gasteiger partial charge in [-0.2, -0.15) is 0 Å². The normalized spacial score (nSPS) is 24.2. The molecule has 1 saturated heterocycles. The van der Waals surface area contributed by atoms with Gasteiger partial charge in [0.05, 0.1) is 13.2 Å². The van der Waals surface area contributed by atoms with Gasteiger partial charge >= 0.3 is 0 Å². The van der Waals surface area contributed by atoms with Gasteiger partial charge in [-0.25, -0.2) is 0 Å². The van der Waals surface area contributed by atoms with E-state index >= 15 is 0 Å². The van der Waals surface area contributed by atoms with Crippen molar-refractivity contribution in [1.29, 1.82) is 0 Å². The molecule has 3 nitrogen and oxygen atoms in total. The Balaban J connectivity index is 1.90. The first-order valence-corrected chi connectivity index (χ1v) is 3.75. The van der Waals surface area contributed by atoms with Crippen molar-refractivity contribution in [3.8, 4) is 0 Å². The molecule has 0 aromatic carbocycles. The molecule has 0 amide bonds.